The average Bonchev–Trinajstić information content (AvgIpc) is 3.25. The van der Waals surface area contributed by atoms with E-state index in [2.05, 4.69) is 4.72 Å². The van der Waals surface area contributed by atoms with Gasteiger partial charge in [0.15, 0.2) is 0 Å². The van der Waals surface area contributed by atoms with Crippen LogP contribution < -0.4 is 14.4 Å². The number of hydrogen-bond acceptors (Lipinski definition) is 6. The van der Waals surface area contributed by atoms with Gasteiger partial charge in [0, 0.05) is 31.7 Å². The molecule has 2 fully saturated rings. The van der Waals surface area contributed by atoms with Gasteiger partial charge in [-0.05, 0) is 61.7 Å². The Labute approximate surface area is 194 Å². The molecule has 0 aliphatic carbocycles. The number of carbonyl (C=O) groups excluding carboxylic acids is 1. The minimum atomic E-state index is -4.03. The van der Waals surface area contributed by atoms with Crippen LogP contribution in [-0.4, -0.2) is 53.8 Å². The second-order valence-electron chi connectivity index (χ2n) is 8.08. The first-order chi connectivity index (χ1) is 15.7. The summed E-state index contributed by atoms with van der Waals surface area (Å²) in [6.07, 6.45) is 3.85. The molecule has 2 aromatic rings. The van der Waals surface area contributed by atoms with Gasteiger partial charge in [0.25, 0.3) is 10.0 Å². The monoisotopic (exact) mass is 493 g/mol. The first kappa shape index (κ1) is 23.5. The average molecular weight is 494 g/mol. The van der Waals surface area contributed by atoms with Crippen LogP contribution >= 0.6 is 0 Å². The number of nitrogens with one attached hydrogen (secondary N) is 1. The quantitative estimate of drug-likeness (QED) is 0.635. The molecule has 4 rings (SSSR count). The number of amides is 1. The highest BCUT2D eigenvalue weighted by Crippen LogP contribution is 2.32. The number of methoxy groups -OCH3 is 1. The molecular weight excluding hydrogens is 466 g/mol. The molecule has 2 saturated heterocycles. The Morgan fingerprint density at radius 2 is 1.52 bits per heavy atom. The Bertz CT molecular complexity index is 1240. The standard InChI is InChI=1S/C22H27N3O6S2/c1-31-21-12-11-19(33(29,30)24-13-3-2-4-14-24)16-20(21)23-32(27,28)18-9-7-17(8-10-18)25-15-5-6-22(25)26/h7-12,16,23H,2-6,13-15H2,1H3. The molecule has 0 aromatic heterocycles. The van der Waals surface area contributed by atoms with E-state index in [1.165, 1.54) is 41.7 Å². The van der Waals surface area contributed by atoms with Gasteiger partial charge in [0.05, 0.1) is 22.6 Å². The maximum absolute atomic E-state index is 13.0. The van der Waals surface area contributed by atoms with E-state index < -0.39 is 20.0 Å². The highest BCUT2D eigenvalue weighted by molar-refractivity contribution is 7.92. The molecule has 2 heterocycles. The summed E-state index contributed by atoms with van der Waals surface area (Å²) >= 11 is 0. The molecular formula is C22H27N3O6S2. The SMILES string of the molecule is COc1ccc(S(=O)(=O)N2CCCCC2)cc1NS(=O)(=O)c1ccc(N2CCCC2=O)cc1. The third-order valence-corrected chi connectivity index (χ3v) is 9.18. The van der Waals surface area contributed by atoms with Gasteiger partial charge in [-0.1, -0.05) is 6.42 Å². The summed E-state index contributed by atoms with van der Waals surface area (Å²) in [5.74, 6) is 0.218. The van der Waals surface area contributed by atoms with Crippen molar-refractivity contribution in [3.05, 3.63) is 42.5 Å². The summed E-state index contributed by atoms with van der Waals surface area (Å²) in [5.41, 5.74) is 0.679. The van der Waals surface area contributed by atoms with E-state index in [1.807, 2.05) is 0 Å². The number of carbonyl (C=O) groups is 1. The zero-order chi connectivity index (χ0) is 23.6. The maximum atomic E-state index is 13.0. The van der Waals surface area contributed by atoms with E-state index in [0.29, 0.717) is 31.7 Å². The van der Waals surface area contributed by atoms with E-state index in [4.69, 9.17) is 4.74 Å². The lowest BCUT2D eigenvalue weighted by Crippen LogP contribution is -2.35. The first-order valence-corrected chi connectivity index (χ1v) is 13.8. The number of hydrogen-bond donors (Lipinski definition) is 1. The zero-order valence-electron chi connectivity index (χ0n) is 18.4. The van der Waals surface area contributed by atoms with Gasteiger partial charge in [-0.3, -0.25) is 9.52 Å². The molecule has 9 nitrogen and oxygen atoms in total. The molecule has 2 aliphatic rings. The summed E-state index contributed by atoms with van der Waals surface area (Å²) in [6, 6.07) is 10.2. The van der Waals surface area contributed by atoms with Crippen molar-refractivity contribution < 1.29 is 26.4 Å². The van der Waals surface area contributed by atoms with Crippen LogP contribution in [0.4, 0.5) is 11.4 Å². The Kier molecular flexibility index (Phi) is 6.64. The normalized spacial score (nSPS) is 17.8. The van der Waals surface area contributed by atoms with Crippen molar-refractivity contribution in [2.75, 3.05) is 36.4 Å². The van der Waals surface area contributed by atoms with Gasteiger partial charge in [0.1, 0.15) is 5.75 Å². The lowest BCUT2D eigenvalue weighted by Gasteiger charge is -2.26. The molecule has 0 unspecified atom stereocenters. The summed E-state index contributed by atoms with van der Waals surface area (Å²) in [4.78, 5) is 13.5. The van der Waals surface area contributed by atoms with Crippen molar-refractivity contribution in [1.29, 1.82) is 0 Å². The predicted molar refractivity (Wildman–Crippen MR) is 124 cm³/mol. The van der Waals surface area contributed by atoms with Crippen LogP contribution in [0.2, 0.25) is 0 Å². The molecule has 0 spiro atoms. The predicted octanol–water partition coefficient (Wildman–Crippen LogP) is 2.80. The number of benzene rings is 2. The minimum absolute atomic E-state index is 0.00536. The molecule has 11 heteroatoms. The lowest BCUT2D eigenvalue weighted by molar-refractivity contribution is -0.117. The second kappa shape index (κ2) is 9.32. The number of anilines is 2. The summed E-state index contributed by atoms with van der Waals surface area (Å²) in [7, 11) is -6.39. The lowest BCUT2D eigenvalue weighted by atomic mass is 10.2. The fraction of sp³-hybridized carbons (Fsp3) is 0.409. The molecule has 33 heavy (non-hydrogen) atoms. The third-order valence-electron chi connectivity index (χ3n) is 5.90. The van der Waals surface area contributed by atoms with Gasteiger partial charge in [-0.2, -0.15) is 4.31 Å². The van der Waals surface area contributed by atoms with Gasteiger partial charge in [-0.25, -0.2) is 16.8 Å². The molecule has 0 radical (unpaired) electrons. The van der Waals surface area contributed by atoms with Gasteiger partial charge >= 0.3 is 0 Å². The molecule has 0 atom stereocenters. The molecule has 178 valence electrons. The fourth-order valence-corrected chi connectivity index (χ4v) is 6.72. The fourth-order valence-electron chi connectivity index (χ4n) is 4.11. The summed E-state index contributed by atoms with van der Waals surface area (Å²) in [6.45, 7) is 1.50. The Balaban J connectivity index is 1.60. The van der Waals surface area contributed by atoms with Crippen LogP contribution in [0.15, 0.2) is 52.3 Å². The van der Waals surface area contributed by atoms with Crippen LogP contribution in [0.5, 0.6) is 5.75 Å². The number of sulfonamides is 2. The molecule has 1 amide bonds. The third kappa shape index (κ3) is 4.85. The summed E-state index contributed by atoms with van der Waals surface area (Å²) < 4.78 is 61.3. The van der Waals surface area contributed by atoms with E-state index in [0.717, 1.165) is 25.7 Å². The van der Waals surface area contributed by atoms with Crippen LogP contribution in [0.3, 0.4) is 0 Å². The van der Waals surface area contributed by atoms with Crippen LogP contribution in [0.25, 0.3) is 0 Å². The van der Waals surface area contributed by atoms with Crippen molar-refractivity contribution >= 4 is 37.3 Å². The largest absolute Gasteiger partial charge is 0.495 e. The molecule has 0 bridgehead atoms. The smallest absolute Gasteiger partial charge is 0.262 e. The van der Waals surface area contributed by atoms with Crippen molar-refractivity contribution in [3.8, 4) is 5.75 Å². The topological polar surface area (TPSA) is 113 Å². The van der Waals surface area contributed by atoms with Crippen molar-refractivity contribution in [1.82, 2.24) is 4.31 Å². The molecule has 1 N–H and O–H groups in total. The maximum Gasteiger partial charge on any atom is 0.262 e. The van der Waals surface area contributed by atoms with Crippen molar-refractivity contribution in [2.24, 2.45) is 0 Å². The van der Waals surface area contributed by atoms with Gasteiger partial charge in [-0.15, -0.1) is 0 Å². The Morgan fingerprint density at radius 1 is 0.848 bits per heavy atom. The zero-order valence-corrected chi connectivity index (χ0v) is 20.0. The minimum Gasteiger partial charge on any atom is -0.495 e. The van der Waals surface area contributed by atoms with E-state index in [9.17, 15) is 21.6 Å². The van der Waals surface area contributed by atoms with Crippen LogP contribution in [0.1, 0.15) is 32.1 Å². The van der Waals surface area contributed by atoms with Crippen molar-refractivity contribution in [2.45, 2.75) is 41.9 Å². The Hall–Kier alpha value is -2.63. The number of ether oxygens (including phenoxy) is 1. The molecule has 0 saturated carbocycles. The van der Waals surface area contributed by atoms with Crippen LogP contribution in [-0.2, 0) is 24.8 Å². The van der Waals surface area contributed by atoms with E-state index in [-0.39, 0.29) is 27.1 Å². The van der Waals surface area contributed by atoms with Crippen molar-refractivity contribution in [3.63, 3.8) is 0 Å². The number of rotatable bonds is 7. The van der Waals surface area contributed by atoms with Gasteiger partial charge in [0.2, 0.25) is 15.9 Å². The van der Waals surface area contributed by atoms with Gasteiger partial charge < -0.3 is 9.64 Å². The molecule has 2 aliphatic heterocycles. The second-order valence-corrected chi connectivity index (χ2v) is 11.7. The first-order valence-electron chi connectivity index (χ1n) is 10.8. The van der Waals surface area contributed by atoms with E-state index in [1.54, 1.807) is 17.0 Å². The van der Waals surface area contributed by atoms with E-state index >= 15 is 0 Å². The Morgan fingerprint density at radius 3 is 2.12 bits per heavy atom. The highest BCUT2D eigenvalue weighted by Gasteiger charge is 2.28. The molecule has 2 aromatic carbocycles. The van der Waals surface area contributed by atoms with Crippen LogP contribution in [0, 0.1) is 0 Å². The number of nitrogens with zero attached hydrogens (tertiary/aromatic N) is 2. The highest BCUT2D eigenvalue weighted by atomic mass is 32.2. The summed E-state index contributed by atoms with van der Waals surface area (Å²) in [5, 5.41) is 0. The number of piperidine rings is 1.